The highest BCUT2D eigenvalue weighted by molar-refractivity contribution is 9.10. The number of phenols is 1. The van der Waals surface area contributed by atoms with E-state index in [2.05, 4.69) is 28.1 Å². The van der Waals surface area contributed by atoms with Crippen molar-refractivity contribution in [3.63, 3.8) is 0 Å². The number of para-hydroxylation sites is 1. The number of hydrogen-bond acceptors (Lipinski definition) is 5. The lowest BCUT2D eigenvalue weighted by Gasteiger charge is -2.32. The van der Waals surface area contributed by atoms with E-state index in [9.17, 15) is 14.7 Å². The van der Waals surface area contributed by atoms with Crippen molar-refractivity contribution < 1.29 is 24.2 Å². The summed E-state index contributed by atoms with van der Waals surface area (Å²) in [6, 6.07) is 25.2. The zero-order valence-electron chi connectivity index (χ0n) is 22.8. The van der Waals surface area contributed by atoms with E-state index >= 15 is 0 Å². The number of benzene rings is 3. The number of amides is 2. The number of ether oxygens (including phenoxy) is 2. The second kappa shape index (κ2) is 11.7. The highest BCUT2D eigenvalue weighted by atomic mass is 79.9. The van der Waals surface area contributed by atoms with Crippen molar-refractivity contribution in [2.24, 2.45) is 17.8 Å². The Morgan fingerprint density at radius 3 is 2.51 bits per heavy atom. The van der Waals surface area contributed by atoms with E-state index in [1.165, 1.54) is 4.90 Å². The van der Waals surface area contributed by atoms with Gasteiger partial charge in [-0.15, -0.1) is 0 Å². The Bertz CT molecular complexity index is 1520. The first kappa shape index (κ1) is 27.5. The molecule has 7 heteroatoms. The number of likely N-dealkylation sites (tertiary alicyclic amines) is 1. The van der Waals surface area contributed by atoms with Crippen LogP contribution in [0.15, 0.2) is 94.5 Å². The van der Waals surface area contributed by atoms with E-state index in [4.69, 9.17) is 9.47 Å². The van der Waals surface area contributed by atoms with Crippen molar-refractivity contribution in [3.05, 3.63) is 106 Å². The molecule has 2 fully saturated rings. The van der Waals surface area contributed by atoms with Gasteiger partial charge in [-0.1, -0.05) is 64.5 Å². The molecule has 2 saturated heterocycles. The van der Waals surface area contributed by atoms with E-state index < -0.39 is 0 Å². The molecule has 0 spiro atoms. The summed E-state index contributed by atoms with van der Waals surface area (Å²) in [5.41, 5.74) is 5.07. The number of carbonyl (C=O) groups is 2. The monoisotopic (exact) mass is 613 g/mol. The number of phenolic OH excluding ortho intramolecular Hbond substituents is 1. The zero-order chi connectivity index (χ0) is 28.5. The van der Waals surface area contributed by atoms with E-state index in [0.717, 1.165) is 38.1 Å². The number of imide groups is 1. The summed E-state index contributed by atoms with van der Waals surface area (Å²) >= 11 is 3.51. The van der Waals surface area contributed by atoms with Crippen LogP contribution in [0.1, 0.15) is 30.4 Å². The van der Waals surface area contributed by atoms with Gasteiger partial charge in [0.25, 0.3) is 0 Å². The zero-order valence-corrected chi connectivity index (χ0v) is 24.4. The molecule has 1 N–H and O–H groups in total. The molecule has 0 unspecified atom stereocenters. The van der Waals surface area contributed by atoms with Crippen LogP contribution in [0.2, 0.25) is 0 Å². The molecule has 0 radical (unpaired) electrons. The van der Waals surface area contributed by atoms with Crippen LogP contribution < -0.4 is 4.74 Å². The molecule has 0 saturated carbocycles. The van der Waals surface area contributed by atoms with Crippen molar-refractivity contribution in [1.29, 1.82) is 0 Å². The van der Waals surface area contributed by atoms with Crippen molar-refractivity contribution in [2.45, 2.75) is 25.4 Å². The van der Waals surface area contributed by atoms with E-state index in [-0.39, 0.29) is 41.4 Å². The first-order valence-electron chi connectivity index (χ1n) is 14.0. The Morgan fingerprint density at radius 2 is 1.76 bits per heavy atom. The molecule has 41 heavy (non-hydrogen) atoms. The van der Waals surface area contributed by atoms with Crippen molar-refractivity contribution in [1.82, 2.24) is 4.90 Å². The summed E-state index contributed by atoms with van der Waals surface area (Å²) in [5, 5.41) is 10.5. The number of carbonyl (C=O) groups excluding carboxylic acids is 2. The molecule has 0 aromatic heterocycles. The van der Waals surface area contributed by atoms with Crippen LogP contribution in [-0.2, 0) is 14.3 Å². The van der Waals surface area contributed by atoms with Crippen LogP contribution in [0.25, 0.3) is 11.6 Å². The Hall–Kier alpha value is -3.68. The largest absolute Gasteiger partial charge is 0.507 e. The normalized spacial score (nSPS) is 24.0. The van der Waals surface area contributed by atoms with Gasteiger partial charge in [0, 0.05) is 23.0 Å². The minimum atomic E-state index is -0.379. The molecule has 3 aromatic rings. The molecule has 3 aromatic carbocycles. The minimum Gasteiger partial charge on any atom is -0.507 e. The van der Waals surface area contributed by atoms with Gasteiger partial charge >= 0.3 is 0 Å². The predicted molar refractivity (Wildman–Crippen MR) is 161 cm³/mol. The quantitative estimate of drug-likeness (QED) is 0.178. The summed E-state index contributed by atoms with van der Waals surface area (Å²) in [7, 11) is 1.59. The lowest BCUT2D eigenvalue weighted by molar-refractivity contribution is -0.138. The summed E-state index contributed by atoms with van der Waals surface area (Å²) in [6.45, 7) is 0.775. The first-order valence-corrected chi connectivity index (χ1v) is 14.8. The van der Waals surface area contributed by atoms with Crippen LogP contribution in [0, 0.1) is 17.8 Å². The fourth-order valence-electron chi connectivity index (χ4n) is 6.52. The molecule has 6 rings (SSSR count). The molecule has 210 valence electrons. The molecule has 2 heterocycles. The van der Waals surface area contributed by atoms with Gasteiger partial charge in [0.15, 0.2) is 0 Å². The summed E-state index contributed by atoms with van der Waals surface area (Å²) < 4.78 is 13.5. The number of rotatable bonds is 8. The van der Waals surface area contributed by atoms with Crippen LogP contribution >= 0.6 is 15.9 Å². The maximum absolute atomic E-state index is 13.2. The number of hydrogen-bond donors (Lipinski definition) is 1. The lowest BCUT2D eigenvalue weighted by Crippen LogP contribution is -2.35. The Labute approximate surface area is 248 Å². The number of fused-ring (bicyclic) bond motifs is 3. The van der Waals surface area contributed by atoms with Crippen LogP contribution in [0.5, 0.6) is 11.5 Å². The molecular formula is C34H32BrNO5. The Kier molecular flexibility index (Phi) is 7.82. The highest BCUT2D eigenvalue weighted by Gasteiger charge is 2.56. The number of allylic oxidation sites excluding steroid dienone is 1. The number of halogens is 1. The second-order valence-corrected chi connectivity index (χ2v) is 11.9. The molecule has 1 aliphatic carbocycles. The third-order valence-electron chi connectivity index (χ3n) is 8.52. The molecular weight excluding hydrogens is 582 g/mol. The van der Waals surface area contributed by atoms with Crippen LogP contribution in [-0.4, -0.2) is 48.2 Å². The molecule has 4 atom stereocenters. The number of nitrogens with zero attached hydrogens (tertiary/aromatic N) is 1. The predicted octanol–water partition coefficient (Wildman–Crippen LogP) is 6.50. The minimum absolute atomic E-state index is 0.107. The van der Waals surface area contributed by atoms with Gasteiger partial charge in [0.2, 0.25) is 11.8 Å². The molecule has 3 aliphatic rings. The standard InChI is InChI=1S/C34H32BrNO5/c1-36-33(38)27-18-24(19-40-26-10-6-3-7-11-26)31-28(32(27)34(36)39)20-41-30(31)15-12-22(21-8-4-2-5-9-21)16-23-17-25(35)13-14-29(23)37/h2-11,13-14,16-17,27-28,30,32,37H,12,15,18-20H2,1H3/b22-16-/t27-,28+,30-,32-/m1/s1. The van der Waals surface area contributed by atoms with Gasteiger partial charge in [0.05, 0.1) is 24.5 Å². The van der Waals surface area contributed by atoms with E-state index in [1.54, 1.807) is 13.1 Å². The average Bonchev–Trinajstić information content (AvgIpc) is 3.51. The third-order valence-corrected chi connectivity index (χ3v) is 9.02. The third kappa shape index (κ3) is 5.48. The SMILES string of the molecule is CN1C(=O)[C@@H]2[C@@H](CC(COc3ccccc3)=C3[C@@H](CC/C(=C/c4cc(Br)ccc4O)c4ccccc4)OC[C@@H]32)C1=O. The van der Waals surface area contributed by atoms with Crippen LogP contribution in [0.3, 0.4) is 0 Å². The van der Waals surface area contributed by atoms with Crippen LogP contribution in [0.4, 0.5) is 0 Å². The van der Waals surface area contributed by atoms with E-state index in [0.29, 0.717) is 32.5 Å². The fraction of sp³-hybridized carbons (Fsp3) is 0.294. The van der Waals surface area contributed by atoms with Gasteiger partial charge in [-0.3, -0.25) is 14.5 Å². The summed E-state index contributed by atoms with van der Waals surface area (Å²) in [5.74, 6) is -0.106. The van der Waals surface area contributed by atoms with Crippen molar-refractivity contribution >= 4 is 39.4 Å². The smallest absolute Gasteiger partial charge is 0.233 e. The van der Waals surface area contributed by atoms with Crippen molar-refractivity contribution in [3.8, 4) is 11.5 Å². The maximum atomic E-state index is 13.2. The van der Waals surface area contributed by atoms with E-state index in [1.807, 2.05) is 66.7 Å². The maximum Gasteiger partial charge on any atom is 0.233 e. The van der Waals surface area contributed by atoms with Gasteiger partial charge in [-0.05, 0) is 78.0 Å². The summed E-state index contributed by atoms with van der Waals surface area (Å²) in [6.07, 6.45) is 3.75. The van der Waals surface area contributed by atoms with Gasteiger partial charge in [0.1, 0.15) is 18.1 Å². The Balaban J connectivity index is 1.31. The first-order chi connectivity index (χ1) is 19.9. The van der Waals surface area contributed by atoms with Crippen molar-refractivity contribution in [2.75, 3.05) is 20.3 Å². The molecule has 0 bridgehead atoms. The molecule has 2 aliphatic heterocycles. The Morgan fingerprint density at radius 1 is 1.02 bits per heavy atom. The van der Waals surface area contributed by atoms with Gasteiger partial charge < -0.3 is 14.6 Å². The molecule has 2 amide bonds. The topological polar surface area (TPSA) is 76.1 Å². The van der Waals surface area contributed by atoms with Gasteiger partial charge in [-0.25, -0.2) is 0 Å². The fourth-order valence-corrected chi connectivity index (χ4v) is 6.90. The summed E-state index contributed by atoms with van der Waals surface area (Å²) in [4.78, 5) is 27.5. The van der Waals surface area contributed by atoms with Gasteiger partial charge in [-0.2, -0.15) is 0 Å². The lowest BCUT2D eigenvalue weighted by atomic mass is 9.69. The molecule has 6 nitrogen and oxygen atoms in total. The average molecular weight is 615 g/mol. The second-order valence-electron chi connectivity index (χ2n) is 10.9. The number of aromatic hydroxyl groups is 1. The highest BCUT2D eigenvalue weighted by Crippen LogP contribution is 2.50.